The largest absolute Gasteiger partial charge is 0.270 e. The molecule has 0 spiro atoms. The normalized spacial score (nSPS) is 15.9. The second-order valence-electron chi connectivity index (χ2n) is 6.09. The standard InChI is InChI=1S/C14H21NO2S/c1-10-6-7-12(14(2,3)4)13-11(10)8-9-15(13)18(5,16)17/h6-7H,8-9H2,1-5H3. The monoisotopic (exact) mass is 267 g/mol. The van der Waals surface area contributed by atoms with Gasteiger partial charge in [0, 0.05) is 6.54 Å². The van der Waals surface area contributed by atoms with Crippen molar-refractivity contribution in [3.05, 3.63) is 28.8 Å². The second kappa shape index (κ2) is 3.98. The molecule has 0 unspecified atom stereocenters. The van der Waals surface area contributed by atoms with Gasteiger partial charge >= 0.3 is 0 Å². The van der Waals surface area contributed by atoms with Crippen LogP contribution < -0.4 is 4.31 Å². The Balaban J connectivity index is 2.73. The lowest BCUT2D eigenvalue weighted by atomic mass is 9.84. The fraction of sp³-hybridized carbons (Fsp3) is 0.571. The van der Waals surface area contributed by atoms with Gasteiger partial charge in [-0.3, -0.25) is 4.31 Å². The number of sulfonamides is 1. The lowest BCUT2D eigenvalue weighted by Crippen LogP contribution is -2.30. The molecule has 1 aromatic carbocycles. The highest BCUT2D eigenvalue weighted by Crippen LogP contribution is 2.41. The van der Waals surface area contributed by atoms with Crippen molar-refractivity contribution in [3.63, 3.8) is 0 Å². The minimum atomic E-state index is -3.18. The summed E-state index contributed by atoms with van der Waals surface area (Å²) in [6, 6.07) is 4.17. The van der Waals surface area contributed by atoms with E-state index >= 15 is 0 Å². The summed E-state index contributed by atoms with van der Waals surface area (Å²) < 4.78 is 25.4. The van der Waals surface area contributed by atoms with E-state index in [1.807, 2.05) is 0 Å². The molecule has 100 valence electrons. The number of nitrogens with zero attached hydrogens (tertiary/aromatic N) is 1. The van der Waals surface area contributed by atoms with Gasteiger partial charge in [0.05, 0.1) is 11.9 Å². The summed E-state index contributed by atoms with van der Waals surface area (Å²) in [6.45, 7) is 8.99. The molecule has 0 saturated carbocycles. The van der Waals surface area contributed by atoms with Gasteiger partial charge in [-0.15, -0.1) is 0 Å². The summed E-state index contributed by atoms with van der Waals surface area (Å²) in [5.74, 6) is 0. The Hall–Kier alpha value is -1.03. The Morgan fingerprint density at radius 2 is 1.83 bits per heavy atom. The molecule has 1 aliphatic rings. The molecule has 4 heteroatoms. The number of aryl methyl sites for hydroxylation is 1. The van der Waals surface area contributed by atoms with Crippen LogP contribution >= 0.6 is 0 Å². The number of fused-ring (bicyclic) bond motifs is 1. The van der Waals surface area contributed by atoms with Gasteiger partial charge in [-0.05, 0) is 35.4 Å². The zero-order valence-electron chi connectivity index (χ0n) is 11.7. The number of benzene rings is 1. The van der Waals surface area contributed by atoms with E-state index in [2.05, 4.69) is 39.8 Å². The van der Waals surface area contributed by atoms with Gasteiger partial charge in [0.25, 0.3) is 0 Å². The van der Waals surface area contributed by atoms with Crippen LogP contribution in [0.15, 0.2) is 12.1 Å². The van der Waals surface area contributed by atoms with Gasteiger partial charge in [0.1, 0.15) is 0 Å². The highest BCUT2D eigenvalue weighted by Gasteiger charge is 2.32. The quantitative estimate of drug-likeness (QED) is 0.784. The van der Waals surface area contributed by atoms with E-state index in [-0.39, 0.29) is 5.41 Å². The third-order valence-electron chi connectivity index (χ3n) is 3.54. The Morgan fingerprint density at radius 1 is 1.22 bits per heavy atom. The molecule has 0 radical (unpaired) electrons. The van der Waals surface area contributed by atoms with Crippen LogP contribution in [0.25, 0.3) is 0 Å². The fourth-order valence-corrected chi connectivity index (χ4v) is 3.56. The molecule has 0 bridgehead atoms. The highest BCUT2D eigenvalue weighted by molar-refractivity contribution is 7.92. The van der Waals surface area contributed by atoms with Crippen LogP contribution in [-0.2, 0) is 21.9 Å². The Labute approximate surface area is 110 Å². The fourth-order valence-electron chi connectivity index (χ4n) is 2.60. The van der Waals surface area contributed by atoms with Crippen LogP contribution in [-0.4, -0.2) is 21.2 Å². The Kier molecular flexibility index (Phi) is 2.97. The first-order chi connectivity index (χ1) is 8.12. The molecule has 0 aromatic heterocycles. The molecule has 0 saturated heterocycles. The molecule has 0 atom stereocenters. The lowest BCUT2D eigenvalue weighted by Gasteiger charge is -2.27. The van der Waals surface area contributed by atoms with Gasteiger partial charge in [0.2, 0.25) is 10.0 Å². The summed E-state index contributed by atoms with van der Waals surface area (Å²) in [7, 11) is -3.18. The minimum Gasteiger partial charge on any atom is -0.270 e. The van der Waals surface area contributed by atoms with Gasteiger partial charge in [-0.1, -0.05) is 32.9 Å². The van der Waals surface area contributed by atoms with E-state index in [0.29, 0.717) is 6.54 Å². The highest BCUT2D eigenvalue weighted by atomic mass is 32.2. The van der Waals surface area contributed by atoms with E-state index < -0.39 is 10.0 Å². The van der Waals surface area contributed by atoms with Crippen LogP contribution in [0.4, 0.5) is 5.69 Å². The van der Waals surface area contributed by atoms with Crippen molar-refractivity contribution in [2.75, 3.05) is 17.1 Å². The van der Waals surface area contributed by atoms with Crippen LogP contribution in [0.5, 0.6) is 0 Å². The molecule has 18 heavy (non-hydrogen) atoms. The van der Waals surface area contributed by atoms with Gasteiger partial charge in [0.15, 0.2) is 0 Å². The summed E-state index contributed by atoms with van der Waals surface area (Å²) in [6.07, 6.45) is 2.11. The van der Waals surface area contributed by atoms with Crippen molar-refractivity contribution in [1.29, 1.82) is 0 Å². The molecule has 2 rings (SSSR count). The Bertz CT molecular complexity index is 583. The minimum absolute atomic E-state index is 0.0505. The first-order valence-corrected chi connectivity index (χ1v) is 8.08. The van der Waals surface area contributed by atoms with Crippen molar-refractivity contribution in [3.8, 4) is 0 Å². The summed E-state index contributed by atoms with van der Waals surface area (Å²) in [5.41, 5.74) is 4.36. The zero-order chi connectivity index (χ0) is 13.7. The van der Waals surface area contributed by atoms with Crippen LogP contribution in [0.3, 0.4) is 0 Å². The molecule has 0 amide bonds. The van der Waals surface area contributed by atoms with Crippen molar-refractivity contribution in [2.45, 2.75) is 39.5 Å². The molecule has 0 N–H and O–H groups in total. The maximum Gasteiger partial charge on any atom is 0.232 e. The molecule has 1 heterocycles. The molecule has 1 aromatic rings. The topological polar surface area (TPSA) is 37.4 Å². The summed E-state index contributed by atoms with van der Waals surface area (Å²) >= 11 is 0. The second-order valence-corrected chi connectivity index (χ2v) is 8.00. The van der Waals surface area contributed by atoms with Gasteiger partial charge in [-0.25, -0.2) is 8.42 Å². The van der Waals surface area contributed by atoms with Crippen molar-refractivity contribution < 1.29 is 8.42 Å². The molecular formula is C14H21NO2S. The average Bonchev–Trinajstić information content (AvgIpc) is 2.60. The molecular weight excluding hydrogens is 246 g/mol. The van der Waals surface area contributed by atoms with Crippen LogP contribution in [0.1, 0.15) is 37.5 Å². The smallest absolute Gasteiger partial charge is 0.232 e. The maximum absolute atomic E-state index is 11.9. The third-order valence-corrected chi connectivity index (χ3v) is 4.71. The van der Waals surface area contributed by atoms with Crippen molar-refractivity contribution in [2.24, 2.45) is 0 Å². The predicted molar refractivity (Wildman–Crippen MR) is 75.8 cm³/mol. The van der Waals surface area contributed by atoms with Crippen LogP contribution in [0.2, 0.25) is 0 Å². The van der Waals surface area contributed by atoms with Gasteiger partial charge < -0.3 is 0 Å². The van der Waals surface area contributed by atoms with Crippen molar-refractivity contribution in [1.82, 2.24) is 0 Å². The number of anilines is 1. The Morgan fingerprint density at radius 3 is 2.33 bits per heavy atom. The van der Waals surface area contributed by atoms with E-state index in [0.717, 1.165) is 17.7 Å². The maximum atomic E-state index is 11.9. The number of hydrogen-bond donors (Lipinski definition) is 0. The third kappa shape index (κ3) is 2.14. The van der Waals surface area contributed by atoms with E-state index in [9.17, 15) is 8.42 Å². The SMILES string of the molecule is Cc1ccc(C(C)(C)C)c2c1CCN2S(C)(=O)=O. The predicted octanol–water partition coefficient (Wildman–Crippen LogP) is 2.61. The first-order valence-electron chi connectivity index (χ1n) is 6.23. The average molecular weight is 267 g/mol. The molecule has 3 nitrogen and oxygen atoms in total. The summed E-state index contributed by atoms with van der Waals surface area (Å²) in [4.78, 5) is 0. The van der Waals surface area contributed by atoms with E-state index in [4.69, 9.17) is 0 Å². The molecule has 0 fully saturated rings. The zero-order valence-corrected chi connectivity index (χ0v) is 12.6. The molecule has 0 aliphatic carbocycles. The van der Waals surface area contributed by atoms with Crippen LogP contribution in [0, 0.1) is 6.92 Å². The van der Waals surface area contributed by atoms with Crippen molar-refractivity contribution >= 4 is 15.7 Å². The lowest BCUT2D eigenvalue weighted by molar-refractivity contribution is 0.586. The number of rotatable bonds is 1. The first kappa shape index (κ1) is 13.4. The van der Waals surface area contributed by atoms with Gasteiger partial charge in [-0.2, -0.15) is 0 Å². The summed E-state index contributed by atoms with van der Waals surface area (Å²) in [5, 5.41) is 0. The molecule has 1 aliphatic heterocycles. The number of hydrogen-bond acceptors (Lipinski definition) is 2. The van der Waals surface area contributed by atoms with E-state index in [1.54, 1.807) is 4.31 Å². The van der Waals surface area contributed by atoms with E-state index in [1.165, 1.54) is 17.4 Å².